The van der Waals surface area contributed by atoms with Crippen molar-refractivity contribution in [2.45, 2.75) is 6.92 Å². The summed E-state index contributed by atoms with van der Waals surface area (Å²) in [5.41, 5.74) is 2.31. The van der Waals surface area contributed by atoms with E-state index >= 15 is 0 Å². The summed E-state index contributed by atoms with van der Waals surface area (Å²) in [6.07, 6.45) is 0. The Balaban J connectivity index is 1.82. The van der Waals surface area contributed by atoms with Gasteiger partial charge in [-0.25, -0.2) is 9.78 Å². The minimum absolute atomic E-state index is 0.217. The Hall–Kier alpha value is -2.83. The molecule has 1 heterocycles. The van der Waals surface area contributed by atoms with E-state index in [0.717, 1.165) is 5.69 Å². The third-order valence-electron chi connectivity index (χ3n) is 3.44. The van der Waals surface area contributed by atoms with Gasteiger partial charge >= 0.3 is 5.97 Å². The molecule has 8 heteroatoms. The number of anilines is 4. The summed E-state index contributed by atoms with van der Waals surface area (Å²) in [7, 11) is 0. The van der Waals surface area contributed by atoms with E-state index in [1.165, 1.54) is 12.1 Å². The number of aromatic nitrogens is 2. The van der Waals surface area contributed by atoms with Gasteiger partial charge in [0.25, 0.3) is 0 Å². The van der Waals surface area contributed by atoms with Crippen molar-refractivity contribution in [3.63, 3.8) is 0 Å². The average molecular weight is 389 g/mol. The van der Waals surface area contributed by atoms with Crippen molar-refractivity contribution in [3.8, 4) is 0 Å². The summed E-state index contributed by atoms with van der Waals surface area (Å²) in [5, 5.41) is 16.1. The Kier molecular flexibility index (Phi) is 5.25. The van der Waals surface area contributed by atoms with Crippen molar-refractivity contribution in [2.24, 2.45) is 0 Å². The van der Waals surface area contributed by atoms with E-state index in [0.29, 0.717) is 33.2 Å². The molecule has 3 N–H and O–H groups in total. The summed E-state index contributed by atoms with van der Waals surface area (Å²) < 4.78 is 0. The van der Waals surface area contributed by atoms with E-state index in [2.05, 4.69) is 20.6 Å². The van der Waals surface area contributed by atoms with Gasteiger partial charge in [-0.05, 0) is 49.4 Å². The molecule has 0 spiro atoms. The predicted octanol–water partition coefficient (Wildman–Crippen LogP) is 5.28. The molecule has 2 aromatic carbocycles. The number of benzene rings is 2. The van der Waals surface area contributed by atoms with E-state index in [1.807, 2.05) is 6.92 Å². The van der Waals surface area contributed by atoms with Gasteiger partial charge in [0.1, 0.15) is 5.82 Å². The molecule has 0 unspecified atom stereocenters. The first-order valence-corrected chi connectivity index (χ1v) is 8.34. The largest absolute Gasteiger partial charge is 0.478 e. The number of aromatic carboxylic acids is 1. The van der Waals surface area contributed by atoms with E-state index < -0.39 is 5.97 Å². The predicted molar refractivity (Wildman–Crippen MR) is 103 cm³/mol. The highest BCUT2D eigenvalue weighted by Gasteiger charge is 2.07. The molecule has 0 aliphatic heterocycles. The minimum Gasteiger partial charge on any atom is -0.478 e. The molecular weight excluding hydrogens is 375 g/mol. The zero-order chi connectivity index (χ0) is 18.7. The molecule has 132 valence electrons. The van der Waals surface area contributed by atoms with Crippen LogP contribution in [0.25, 0.3) is 0 Å². The van der Waals surface area contributed by atoms with Crippen LogP contribution >= 0.6 is 23.2 Å². The zero-order valence-corrected chi connectivity index (χ0v) is 15.1. The second-order valence-electron chi connectivity index (χ2n) is 5.47. The Morgan fingerprint density at radius 2 is 1.73 bits per heavy atom. The number of carbonyl (C=O) groups is 1. The standard InChI is InChI=1S/C18H14Cl2N4O2/c1-10-8-16(22-13-5-2-11(3-6-13)17(25)26)24-18(21-10)23-15-7-4-12(19)9-14(15)20/h2-9H,1H3,(H,25,26)(H2,21,22,23,24). The number of rotatable bonds is 5. The molecule has 0 atom stereocenters. The Labute approximate surface area is 159 Å². The number of hydrogen-bond donors (Lipinski definition) is 3. The fourth-order valence-corrected chi connectivity index (χ4v) is 2.70. The molecule has 3 aromatic rings. The monoisotopic (exact) mass is 388 g/mol. The van der Waals surface area contributed by atoms with Gasteiger partial charge in [0.05, 0.1) is 16.3 Å². The first kappa shape index (κ1) is 18.0. The van der Waals surface area contributed by atoms with Crippen LogP contribution in [0, 0.1) is 6.92 Å². The van der Waals surface area contributed by atoms with Crippen LogP contribution in [0.15, 0.2) is 48.5 Å². The summed E-state index contributed by atoms with van der Waals surface area (Å²) in [6.45, 7) is 1.84. The lowest BCUT2D eigenvalue weighted by Crippen LogP contribution is -2.03. The summed E-state index contributed by atoms with van der Waals surface area (Å²) in [6, 6.07) is 13.2. The smallest absolute Gasteiger partial charge is 0.335 e. The number of nitrogens with one attached hydrogen (secondary N) is 2. The van der Waals surface area contributed by atoms with Crippen LogP contribution in [0.3, 0.4) is 0 Å². The Bertz CT molecular complexity index is 962. The van der Waals surface area contributed by atoms with Crippen molar-refractivity contribution >= 4 is 52.3 Å². The summed E-state index contributed by atoms with van der Waals surface area (Å²) in [4.78, 5) is 19.7. The third-order valence-corrected chi connectivity index (χ3v) is 3.98. The van der Waals surface area contributed by atoms with Crippen LogP contribution in [0.4, 0.5) is 23.1 Å². The van der Waals surface area contributed by atoms with E-state index in [1.54, 1.807) is 36.4 Å². The topological polar surface area (TPSA) is 87.1 Å². The molecule has 0 fully saturated rings. The maximum Gasteiger partial charge on any atom is 0.335 e. The van der Waals surface area contributed by atoms with Gasteiger partial charge in [-0.15, -0.1) is 0 Å². The van der Waals surface area contributed by atoms with Crippen LogP contribution in [0.1, 0.15) is 16.1 Å². The molecule has 0 saturated carbocycles. The number of carboxylic acid groups (broad SMARTS) is 1. The molecule has 3 rings (SSSR count). The lowest BCUT2D eigenvalue weighted by molar-refractivity contribution is 0.0697. The van der Waals surface area contributed by atoms with Gasteiger partial charge in [0.2, 0.25) is 5.95 Å². The molecule has 0 saturated heterocycles. The van der Waals surface area contributed by atoms with Gasteiger partial charge in [0, 0.05) is 22.5 Å². The first-order valence-electron chi connectivity index (χ1n) is 7.59. The van der Waals surface area contributed by atoms with E-state index in [-0.39, 0.29) is 5.56 Å². The van der Waals surface area contributed by atoms with Crippen molar-refractivity contribution in [3.05, 3.63) is 69.8 Å². The lowest BCUT2D eigenvalue weighted by Gasteiger charge is -2.11. The van der Waals surface area contributed by atoms with Crippen LogP contribution in [-0.2, 0) is 0 Å². The molecule has 6 nitrogen and oxygen atoms in total. The first-order chi connectivity index (χ1) is 12.4. The zero-order valence-electron chi connectivity index (χ0n) is 13.6. The molecule has 26 heavy (non-hydrogen) atoms. The highest BCUT2D eigenvalue weighted by atomic mass is 35.5. The third kappa shape index (κ3) is 4.41. The maximum atomic E-state index is 10.9. The van der Waals surface area contributed by atoms with Crippen molar-refractivity contribution < 1.29 is 9.90 Å². The lowest BCUT2D eigenvalue weighted by atomic mass is 10.2. The SMILES string of the molecule is Cc1cc(Nc2ccc(C(=O)O)cc2)nc(Nc2ccc(Cl)cc2Cl)n1. The van der Waals surface area contributed by atoms with Gasteiger partial charge in [0.15, 0.2) is 0 Å². The number of nitrogens with zero attached hydrogens (tertiary/aromatic N) is 2. The van der Waals surface area contributed by atoms with Gasteiger partial charge in [-0.3, -0.25) is 0 Å². The fraction of sp³-hybridized carbons (Fsp3) is 0.0556. The van der Waals surface area contributed by atoms with Crippen LogP contribution in [0.5, 0.6) is 0 Å². The molecule has 0 bridgehead atoms. The Morgan fingerprint density at radius 1 is 1.00 bits per heavy atom. The minimum atomic E-state index is -0.972. The van der Waals surface area contributed by atoms with Gasteiger partial charge in [-0.1, -0.05) is 23.2 Å². The fourth-order valence-electron chi connectivity index (χ4n) is 2.24. The Morgan fingerprint density at radius 3 is 2.38 bits per heavy atom. The maximum absolute atomic E-state index is 10.9. The number of carboxylic acids is 1. The van der Waals surface area contributed by atoms with Crippen molar-refractivity contribution in [1.82, 2.24) is 9.97 Å². The number of halogens is 2. The molecule has 0 aliphatic carbocycles. The van der Waals surface area contributed by atoms with Crippen LogP contribution < -0.4 is 10.6 Å². The van der Waals surface area contributed by atoms with E-state index in [4.69, 9.17) is 28.3 Å². The molecule has 0 amide bonds. The highest BCUT2D eigenvalue weighted by Crippen LogP contribution is 2.28. The summed E-state index contributed by atoms with van der Waals surface area (Å²) >= 11 is 12.1. The number of aryl methyl sites for hydroxylation is 1. The molecule has 0 radical (unpaired) electrons. The van der Waals surface area contributed by atoms with Gasteiger partial charge < -0.3 is 15.7 Å². The average Bonchev–Trinajstić information content (AvgIpc) is 2.57. The van der Waals surface area contributed by atoms with Crippen LogP contribution in [-0.4, -0.2) is 21.0 Å². The second kappa shape index (κ2) is 7.59. The molecule has 0 aliphatic rings. The normalized spacial score (nSPS) is 10.4. The van der Waals surface area contributed by atoms with Gasteiger partial charge in [-0.2, -0.15) is 4.98 Å². The van der Waals surface area contributed by atoms with Crippen LogP contribution in [0.2, 0.25) is 10.0 Å². The number of hydrogen-bond acceptors (Lipinski definition) is 5. The van der Waals surface area contributed by atoms with Crippen molar-refractivity contribution in [2.75, 3.05) is 10.6 Å². The second-order valence-corrected chi connectivity index (χ2v) is 6.32. The summed E-state index contributed by atoms with van der Waals surface area (Å²) in [5.74, 6) is -0.0344. The molecule has 1 aromatic heterocycles. The quantitative estimate of drug-likeness (QED) is 0.551. The molecular formula is C18H14Cl2N4O2. The van der Waals surface area contributed by atoms with E-state index in [9.17, 15) is 4.79 Å². The van der Waals surface area contributed by atoms with Crippen molar-refractivity contribution in [1.29, 1.82) is 0 Å². The highest BCUT2D eigenvalue weighted by molar-refractivity contribution is 6.36.